The third-order valence-corrected chi connectivity index (χ3v) is 5.78. The maximum Gasteiger partial charge on any atom is 0.255 e. The van der Waals surface area contributed by atoms with Crippen LogP contribution in [-0.2, 0) is 17.8 Å². The molecule has 0 fully saturated rings. The van der Waals surface area contributed by atoms with Crippen LogP contribution in [0, 0.1) is 5.92 Å². The summed E-state index contributed by atoms with van der Waals surface area (Å²) in [5.74, 6) is 0.633. The van der Waals surface area contributed by atoms with Gasteiger partial charge in [-0.2, -0.15) is 0 Å². The highest BCUT2D eigenvalue weighted by Crippen LogP contribution is 2.36. The van der Waals surface area contributed by atoms with Crippen LogP contribution in [0.2, 0.25) is 0 Å². The van der Waals surface area contributed by atoms with Gasteiger partial charge in [0.2, 0.25) is 11.8 Å². The van der Waals surface area contributed by atoms with Gasteiger partial charge in [0.25, 0.3) is 5.91 Å². The van der Waals surface area contributed by atoms with Crippen LogP contribution in [0.25, 0.3) is 0 Å². The second-order valence-corrected chi connectivity index (χ2v) is 9.00. The molecule has 0 radical (unpaired) electrons. The topological polar surface area (TPSA) is 84.4 Å². The van der Waals surface area contributed by atoms with E-state index >= 15 is 0 Å². The van der Waals surface area contributed by atoms with Crippen LogP contribution in [0.15, 0.2) is 67.0 Å². The Bertz CT molecular complexity index is 1130. The summed E-state index contributed by atoms with van der Waals surface area (Å²) in [5.41, 5.74) is 3.04. The van der Waals surface area contributed by atoms with Gasteiger partial charge in [0.15, 0.2) is 0 Å². The van der Waals surface area contributed by atoms with Gasteiger partial charge in [0.05, 0.1) is 6.61 Å². The Morgan fingerprint density at radius 3 is 2.56 bits per heavy atom. The fourth-order valence-electron chi connectivity index (χ4n) is 4.12. The summed E-state index contributed by atoms with van der Waals surface area (Å²) in [7, 11) is 0. The molecule has 2 amide bonds. The molecule has 1 aromatic carbocycles. The molecule has 0 saturated heterocycles. The van der Waals surface area contributed by atoms with E-state index in [1.165, 1.54) is 0 Å². The maximum atomic E-state index is 13.4. The highest BCUT2D eigenvalue weighted by atomic mass is 16.5. The first-order chi connectivity index (χ1) is 16.4. The summed E-state index contributed by atoms with van der Waals surface area (Å²) < 4.78 is 5.62. The molecule has 1 aliphatic rings. The Morgan fingerprint density at radius 2 is 1.85 bits per heavy atom. The van der Waals surface area contributed by atoms with Crippen LogP contribution < -0.4 is 10.1 Å². The standard InChI is InChI=1S/C27H30N4O3/c1-18(2)17-34-24-12-11-20(15-29-24)16-30-26(32)25-22-9-4-5-10-23(22)27(33)31(25)19(3)14-21-8-6-7-13-28-21/h4-13,15,18-19,25H,14,16-17H2,1-3H3,(H,30,32). The van der Waals surface area contributed by atoms with Crippen molar-refractivity contribution in [1.82, 2.24) is 20.2 Å². The first-order valence-electron chi connectivity index (χ1n) is 11.6. The van der Waals surface area contributed by atoms with Crippen molar-refractivity contribution in [1.29, 1.82) is 0 Å². The number of benzene rings is 1. The maximum absolute atomic E-state index is 13.4. The number of amides is 2. The number of hydrogen-bond acceptors (Lipinski definition) is 5. The molecule has 2 unspecified atom stereocenters. The average molecular weight is 459 g/mol. The molecule has 3 aromatic rings. The van der Waals surface area contributed by atoms with Crippen molar-refractivity contribution in [2.45, 2.75) is 45.8 Å². The van der Waals surface area contributed by atoms with Gasteiger partial charge < -0.3 is 15.0 Å². The highest BCUT2D eigenvalue weighted by molar-refractivity contribution is 6.04. The smallest absolute Gasteiger partial charge is 0.255 e. The predicted octanol–water partition coefficient (Wildman–Crippen LogP) is 3.96. The van der Waals surface area contributed by atoms with E-state index in [2.05, 4.69) is 29.1 Å². The van der Waals surface area contributed by atoms with Gasteiger partial charge in [-0.15, -0.1) is 0 Å². The summed E-state index contributed by atoms with van der Waals surface area (Å²) in [4.78, 5) is 37.0. The Kier molecular flexibility index (Phi) is 7.21. The summed E-state index contributed by atoms with van der Waals surface area (Å²) in [6.45, 7) is 7.03. The summed E-state index contributed by atoms with van der Waals surface area (Å²) in [6, 6.07) is 15.8. The second kappa shape index (κ2) is 10.5. The molecule has 7 heteroatoms. The SMILES string of the molecule is CC(C)COc1ccc(CNC(=O)C2c3ccccc3C(=O)N2C(C)Cc2ccccn2)cn1. The van der Waals surface area contributed by atoms with Crippen molar-refractivity contribution >= 4 is 11.8 Å². The van der Waals surface area contributed by atoms with E-state index in [-0.39, 0.29) is 17.9 Å². The molecule has 34 heavy (non-hydrogen) atoms. The average Bonchev–Trinajstić information content (AvgIpc) is 3.15. The Labute approximate surface area is 200 Å². The molecule has 1 aliphatic heterocycles. The van der Waals surface area contributed by atoms with Crippen molar-refractivity contribution < 1.29 is 14.3 Å². The molecule has 0 aliphatic carbocycles. The van der Waals surface area contributed by atoms with E-state index in [4.69, 9.17) is 4.74 Å². The number of carbonyl (C=O) groups is 2. The number of nitrogens with zero attached hydrogens (tertiary/aromatic N) is 3. The first-order valence-corrected chi connectivity index (χ1v) is 11.6. The fourth-order valence-corrected chi connectivity index (χ4v) is 4.12. The molecule has 0 bridgehead atoms. The molecular weight excluding hydrogens is 428 g/mol. The number of fused-ring (bicyclic) bond motifs is 1. The molecule has 7 nitrogen and oxygen atoms in total. The van der Waals surface area contributed by atoms with Crippen LogP contribution in [0.1, 0.15) is 54.0 Å². The van der Waals surface area contributed by atoms with Gasteiger partial charge in [-0.3, -0.25) is 14.6 Å². The number of rotatable bonds is 9. The highest BCUT2D eigenvalue weighted by Gasteiger charge is 2.43. The van der Waals surface area contributed by atoms with Crippen molar-refractivity contribution in [3.05, 3.63) is 89.4 Å². The van der Waals surface area contributed by atoms with Crippen molar-refractivity contribution in [3.8, 4) is 5.88 Å². The normalized spacial score (nSPS) is 15.8. The second-order valence-electron chi connectivity index (χ2n) is 9.00. The van der Waals surface area contributed by atoms with E-state index in [0.717, 1.165) is 16.8 Å². The molecule has 4 rings (SSSR count). The Balaban J connectivity index is 1.48. The fraction of sp³-hybridized carbons (Fsp3) is 0.333. The summed E-state index contributed by atoms with van der Waals surface area (Å²) in [5, 5.41) is 2.99. The van der Waals surface area contributed by atoms with Crippen LogP contribution in [0.3, 0.4) is 0 Å². The Morgan fingerprint density at radius 1 is 1.06 bits per heavy atom. The molecule has 3 heterocycles. The molecule has 0 spiro atoms. The summed E-state index contributed by atoms with van der Waals surface area (Å²) >= 11 is 0. The lowest BCUT2D eigenvalue weighted by Crippen LogP contribution is -2.44. The number of aromatic nitrogens is 2. The monoisotopic (exact) mass is 458 g/mol. The number of hydrogen-bond donors (Lipinski definition) is 1. The van der Waals surface area contributed by atoms with Crippen molar-refractivity contribution in [3.63, 3.8) is 0 Å². The molecule has 0 saturated carbocycles. The lowest BCUT2D eigenvalue weighted by atomic mass is 10.0. The Hall–Kier alpha value is -3.74. The number of nitrogens with one attached hydrogen (secondary N) is 1. The summed E-state index contributed by atoms with van der Waals surface area (Å²) in [6.07, 6.45) is 4.00. The zero-order valence-electron chi connectivity index (χ0n) is 19.8. The van der Waals surface area contributed by atoms with Gasteiger partial charge in [0, 0.05) is 48.7 Å². The van der Waals surface area contributed by atoms with E-state index in [1.54, 1.807) is 29.4 Å². The van der Waals surface area contributed by atoms with Crippen molar-refractivity contribution in [2.75, 3.05) is 6.61 Å². The van der Waals surface area contributed by atoms with Crippen LogP contribution in [0.5, 0.6) is 5.88 Å². The molecule has 1 N–H and O–H groups in total. The van der Waals surface area contributed by atoms with Crippen LogP contribution in [-0.4, -0.2) is 39.3 Å². The minimum absolute atomic E-state index is 0.132. The lowest BCUT2D eigenvalue weighted by molar-refractivity contribution is -0.126. The van der Waals surface area contributed by atoms with Gasteiger partial charge in [-0.05, 0) is 42.2 Å². The van der Waals surface area contributed by atoms with Gasteiger partial charge in [0.1, 0.15) is 6.04 Å². The predicted molar refractivity (Wildman–Crippen MR) is 129 cm³/mol. The van der Waals surface area contributed by atoms with Crippen molar-refractivity contribution in [2.24, 2.45) is 5.92 Å². The molecule has 176 valence electrons. The third kappa shape index (κ3) is 5.25. The molecule has 2 aromatic heterocycles. The number of carbonyl (C=O) groups excluding carboxylic acids is 2. The number of pyridine rings is 2. The van der Waals surface area contributed by atoms with Gasteiger partial charge in [-0.25, -0.2) is 4.98 Å². The van der Waals surface area contributed by atoms with Crippen LogP contribution in [0.4, 0.5) is 0 Å². The molecular formula is C27H30N4O3. The largest absolute Gasteiger partial charge is 0.477 e. The van der Waals surface area contributed by atoms with Gasteiger partial charge in [-0.1, -0.05) is 44.2 Å². The molecule has 2 atom stereocenters. The van der Waals surface area contributed by atoms with E-state index in [1.807, 2.05) is 49.4 Å². The quantitative estimate of drug-likeness (QED) is 0.525. The minimum Gasteiger partial charge on any atom is -0.477 e. The number of ether oxygens (including phenoxy) is 1. The van der Waals surface area contributed by atoms with E-state index in [0.29, 0.717) is 36.9 Å². The zero-order chi connectivity index (χ0) is 24.1. The first kappa shape index (κ1) is 23.4. The third-order valence-electron chi connectivity index (χ3n) is 5.78. The van der Waals surface area contributed by atoms with E-state index in [9.17, 15) is 9.59 Å². The van der Waals surface area contributed by atoms with Gasteiger partial charge >= 0.3 is 0 Å². The van der Waals surface area contributed by atoms with Crippen LogP contribution >= 0.6 is 0 Å². The minimum atomic E-state index is -0.691. The van der Waals surface area contributed by atoms with E-state index < -0.39 is 6.04 Å². The lowest BCUT2D eigenvalue weighted by Gasteiger charge is -2.30. The zero-order valence-corrected chi connectivity index (χ0v) is 19.8.